The van der Waals surface area contributed by atoms with Crippen LogP contribution >= 0.6 is 0 Å². The number of aromatic nitrogens is 1. The predicted molar refractivity (Wildman–Crippen MR) is 101 cm³/mol. The molecule has 0 aliphatic carbocycles. The molecule has 1 heterocycles. The third-order valence-electron chi connectivity index (χ3n) is 4.13. The van der Waals surface area contributed by atoms with Crippen LogP contribution < -0.4 is 10.1 Å². The second-order valence-electron chi connectivity index (χ2n) is 6.00. The number of anilines is 2. The molecule has 154 valence electrons. The summed E-state index contributed by atoms with van der Waals surface area (Å²) in [6, 6.07) is 8.93. The van der Waals surface area contributed by atoms with E-state index in [1.165, 1.54) is 50.6 Å². The van der Waals surface area contributed by atoms with Gasteiger partial charge in [-0.2, -0.15) is 13.2 Å². The minimum Gasteiger partial charge on any atom is -0.495 e. The fraction of sp³-hybridized carbons (Fsp3) is 0.211. The molecule has 0 amide bonds. The fourth-order valence-corrected chi connectivity index (χ4v) is 3.48. The maximum atomic E-state index is 12.9. The summed E-state index contributed by atoms with van der Waals surface area (Å²) >= 11 is 0. The molecule has 2 aromatic carbocycles. The van der Waals surface area contributed by atoms with Crippen molar-refractivity contribution >= 4 is 21.5 Å². The number of nitrogens with one attached hydrogen (secondary N) is 1. The number of alkyl halides is 3. The summed E-state index contributed by atoms with van der Waals surface area (Å²) in [7, 11) is -2.03. The maximum Gasteiger partial charge on any atom is 0.416 e. The number of oxazole rings is 1. The Morgan fingerprint density at radius 3 is 2.59 bits per heavy atom. The molecule has 29 heavy (non-hydrogen) atoms. The van der Waals surface area contributed by atoms with E-state index in [2.05, 4.69) is 10.3 Å². The van der Waals surface area contributed by atoms with Gasteiger partial charge in [-0.1, -0.05) is 19.1 Å². The molecule has 6 nitrogen and oxygen atoms in total. The first-order chi connectivity index (χ1) is 13.6. The quantitative estimate of drug-likeness (QED) is 0.603. The Balaban J connectivity index is 1.92. The van der Waals surface area contributed by atoms with Crippen molar-refractivity contribution in [3.63, 3.8) is 0 Å². The average molecular weight is 426 g/mol. The molecule has 0 fully saturated rings. The van der Waals surface area contributed by atoms with Gasteiger partial charge in [0.05, 0.1) is 35.2 Å². The number of sulfone groups is 1. The van der Waals surface area contributed by atoms with Crippen LogP contribution in [0.25, 0.3) is 11.3 Å². The van der Waals surface area contributed by atoms with Crippen LogP contribution in [0.5, 0.6) is 5.75 Å². The van der Waals surface area contributed by atoms with E-state index in [1.807, 2.05) is 0 Å². The van der Waals surface area contributed by atoms with Crippen molar-refractivity contribution < 1.29 is 30.7 Å². The van der Waals surface area contributed by atoms with Gasteiger partial charge in [0.2, 0.25) is 0 Å². The van der Waals surface area contributed by atoms with Gasteiger partial charge in [0, 0.05) is 5.56 Å². The van der Waals surface area contributed by atoms with Gasteiger partial charge in [-0.3, -0.25) is 0 Å². The largest absolute Gasteiger partial charge is 0.495 e. The predicted octanol–water partition coefficient (Wildman–Crippen LogP) is 4.91. The molecule has 0 aliphatic rings. The van der Waals surface area contributed by atoms with Gasteiger partial charge in [0.15, 0.2) is 15.6 Å². The summed E-state index contributed by atoms with van der Waals surface area (Å²) in [5, 5.41) is 2.81. The number of rotatable bonds is 6. The lowest BCUT2D eigenvalue weighted by atomic mass is 10.1. The fourth-order valence-electron chi connectivity index (χ4n) is 2.57. The van der Waals surface area contributed by atoms with Crippen molar-refractivity contribution in [3.8, 4) is 17.1 Å². The van der Waals surface area contributed by atoms with Gasteiger partial charge >= 0.3 is 6.18 Å². The third kappa shape index (κ3) is 4.53. The number of methoxy groups -OCH3 is 1. The molecule has 10 heteroatoms. The van der Waals surface area contributed by atoms with Crippen molar-refractivity contribution in [1.29, 1.82) is 0 Å². The van der Waals surface area contributed by atoms with Crippen LogP contribution in [0.4, 0.5) is 24.9 Å². The molecule has 0 spiro atoms. The Morgan fingerprint density at radius 2 is 1.93 bits per heavy atom. The van der Waals surface area contributed by atoms with Crippen LogP contribution in [0.15, 0.2) is 58.0 Å². The molecule has 0 unspecified atom stereocenters. The highest BCUT2D eigenvalue weighted by molar-refractivity contribution is 7.91. The van der Waals surface area contributed by atoms with Crippen molar-refractivity contribution in [1.82, 2.24) is 4.98 Å². The van der Waals surface area contributed by atoms with Crippen LogP contribution in [-0.2, 0) is 16.0 Å². The molecular formula is C19H17F3N2O4S. The zero-order valence-electron chi connectivity index (χ0n) is 15.4. The zero-order chi connectivity index (χ0) is 21.2. The van der Waals surface area contributed by atoms with E-state index >= 15 is 0 Å². The normalized spacial score (nSPS) is 12.0. The molecule has 3 aromatic rings. The van der Waals surface area contributed by atoms with Gasteiger partial charge in [-0.05, 0) is 30.3 Å². The van der Waals surface area contributed by atoms with Crippen LogP contribution in [0.3, 0.4) is 0 Å². The highest BCUT2D eigenvalue weighted by atomic mass is 32.2. The summed E-state index contributed by atoms with van der Waals surface area (Å²) in [4.78, 5) is 4.09. The second kappa shape index (κ2) is 7.78. The lowest BCUT2D eigenvalue weighted by molar-refractivity contribution is -0.137. The van der Waals surface area contributed by atoms with E-state index in [1.54, 1.807) is 0 Å². The van der Waals surface area contributed by atoms with E-state index in [9.17, 15) is 21.6 Å². The number of hydrogen-bond donors (Lipinski definition) is 1. The standard InChI is InChI=1S/C19H17F3N2O4S/c1-3-29(25,26)14-7-8-16(27-2)15(10-14)24-18-23-11-17(28-18)12-5-4-6-13(9-12)19(20,21)22/h4-11H,3H2,1-2H3,(H,23,24). The van der Waals surface area contributed by atoms with Gasteiger partial charge in [0.1, 0.15) is 5.75 Å². The van der Waals surface area contributed by atoms with Gasteiger partial charge in [-0.25, -0.2) is 13.4 Å². The molecule has 1 N–H and O–H groups in total. The van der Waals surface area contributed by atoms with Crippen LogP contribution in [0, 0.1) is 0 Å². The summed E-state index contributed by atoms with van der Waals surface area (Å²) in [5.74, 6) is 0.394. The Morgan fingerprint density at radius 1 is 1.17 bits per heavy atom. The smallest absolute Gasteiger partial charge is 0.416 e. The Kier molecular flexibility index (Phi) is 5.56. The molecule has 1 aromatic heterocycles. The Hall–Kier alpha value is -3.01. The van der Waals surface area contributed by atoms with Crippen molar-refractivity contribution in [3.05, 3.63) is 54.2 Å². The Bertz CT molecular complexity index is 1120. The zero-order valence-corrected chi connectivity index (χ0v) is 16.3. The highest BCUT2D eigenvalue weighted by Gasteiger charge is 2.30. The molecule has 0 saturated heterocycles. The molecular weight excluding hydrogens is 409 g/mol. The molecule has 0 saturated carbocycles. The summed E-state index contributed by atoms with van der Waals surface area (Å²) in [6.45, 7) is 1.53. The molecule has 0 aliphatic heterocycles. The Labute approximate surface area is 165 Å². The van der Waals surface area contributed by atoms with Gasteiger partial charge in [0.25, 0.3) is 6.01 Å². The molecule has 0 radical (unpaired) electrons. The summed E-state index contributed by atoms with van der Waals surface area (Å²) in [5.41, 5.74) is -0.311. The summed E-state index contributed by atoms with van der Waals surface area (Å²) < 4.78 is 73.6. The first-order valence-electron chi connectivity index (χ1n) is 8.45. The minimum absolute atomic E-state index is 0.0261. The molecule has 0 atom stereocenters. The highest BCUT2D eigenvalue weighted by Crippen LogP contribution is 2.34. The minimum atomic E-state index is -4.48. The third-order valence-corrected chi connectivity index (χ3v) is 5.86. The lowest BCUT2D eigenvalue weighted by Crippen LogP contribution is -2.05. The van der Waals surface area contributed by atoms with Crippen molar-refractivity contribution in [2.45, 2.75) is 18.0 Å². The van der Waals surface area contributed by atoms with E-state index in [-0.39, 0.29) is 28.0 Å². The number of hydrogen-bond acceptors (Lipinski definition) is 6. The van der Waals surface area contributed by atoms with E-state index in [0.717, 1.165) is 12.1 Å². The van der Waals surface area contributed by atoms with Crippen molar-refractivity contribution in [2.75, 3.05) is 18.2 Å². The SMILES string of the molecule is CCS(=O)(=O)c1ccc(OC)c(Nc2ncc(-c3cccc(C(F)(F)F)c3)o2)c1. The first-order valence-corrected chi connectivity index (χ1v) is 10.1. The lowest BCUT2D eigenvalue weighted by Gasteiger charge is -2.11. The number of halogens is 3. The van der Waals surface area contributed by atoms with E-state index in [4.69, 9.17) is 9.15 Å². The van der Waals surface area contributed by atoms with Crippen molar-refractivity contribution in [2.24, 2.45) is 0 Å². The topological polar surface area (TPSA) is 81.4 Å². The molecule has 0 bridgehead atoms. The number of benzene rings is 2. The monoisotopic (exact) mass is 426 g/mol. The maximum absolute atomic E-state index is 12.9. The first kappa shape index (κ1) is 20.7. The van der Waals surface area contributed by atoms with Crippen LogP contribution in [0.2, 0.25) is 0 Å². The molecule has 3 rings (SSSR count). The van der Waals surface area contributed by atoms with Gasteiger partial charge < -0.3 is 14.5 Å². The average Bonchev–Trinajstić information content (AvgIpc) is 3.16. The summed E-state index contributed by atoms with van der Waals surface area (Å²) in [6.07, 6.45) is -3.20. The van der Waals surface area contributed by atoms with Crippen LogP contribution in [-0.4, -0.2) is 26.3 Å². The van der Waals surface area contributed by atoms with E-state index in [0.29, 0.717) is 11.4 Å². The van der Waals surface area contributed by atoms with Crippen LogP contribution in [0.1, 0.15) is 12.5 Å². The van der Waals surface area contributed by atoms with Gasteiger partial charge in [-0.15, -0.1) is 0 Å². The second-order valence-corrected chi connectivity index (χ2v) is 8.28. The number of ether oxygens (including phenoxy) is 1. The van der Waals surface area contributed by atoms with E-state index < -0.39 is 21.6 Å². The number of nitrogens with zero attached hydrogens (tertiary/aromatic N) is 1.